The quantitative estimate of drug-likeness (QED) is 0.600. The highest BCUT2D eigenvalue weighted by molar-refractivity contribution is 6.00. The fourth-order valence-electron chi connectivity index (χ4n) is 2.02. The molecule has 0 spiro atoms. The van der Waals surface area contributed by atoms with Crippen molar-refractivity contribution in [3.05, 3.63) is 24.0 Å². The molecule has 0 saturated heterocycles. The number of nitrogen functional groups attached to an aromatic ring is 1. The van der Waals surface area contributed by atoms with Gasteiger partial charge in [-0.15, -0.1) is 0 Å². The van der Waals surface area contributed by atoms with Crippen molar-refractivity contribution in [3.8, 4) is 0 Å². The number of hydrogen-bond acceptors (Lipinski definition) is 3. The van der Waals surface area contributed by atoms with Gasteiger partial charge in [0.15, 0.2) is 0 Å². The third kappa shape index (κ3) is 4.02. The summed E-state index contributed by atoms with van der Waals surface area (Å²) >= 11 is 0. The molecule has 100 valence electrons. The third-order valence-electron chi connectivity index (χ3n) is 2.60. The average Bonchev–Trinajstić information content (AvgIpc) is 2.26. The number of hydrogen-bond donors (Lipinski definition) is 2. The number of rotatable bonds is 6. The van der Waals surface area contributed by atoms with Crippen LogP contribution in [0.4, 0.5) is 5.69 Å². The summed E-state index contributed by atoms with van der Waals surface area (Å²) in [5, 5.41) is 7.66. The maximum absolute atomic E-state index is 7.66. The van der Waals surface area contributed by atoms with Gasteiger partial charge in [-0.05, 0) is 17.9 Å². The minimum Gasteiger partial charge on any atom is -0.384 e. The Bertz CT molecular complexity index is 389. The Morgan fingerprint density at radius 1 is 1.28 bits per heavy atom. The van der Waals surface area contributed by atoms with E-state index in [0.717, 1.165) is 24.3 Å². The van der Waals surface area contributed by atoms with Gasteiger partial charge in [0.1, 0.15) is 5.84 Å². The van der Waals surface area contributed by atoms with Crippen molar-refractivity contribution in [2.24, 2.45) is 17.6 Å². The highest BCUT2D eigenvalue weighted by Crippen LogP contribution is 2.21. The molecule has 0 fully saturated rings. The first-order valence-electron chi connectivity index (χ1n) is 6.45. The van der Waals surface area contributed by atoms with Gasteiger partial charge < -0.3 is 10.6 Å². The van der Waals surface area contributed by atoms with E-state index in [0.29, 0.717) is 11.8 Å². The molecule has 1 heterocycles. The minimum atomic E-state index is 0.102. The first-order valence-corrected chi connectivity index (χ1v) is 6.45. The molecule has 4 heteroatoms. The third-order valence-corrected chi connectivity index (χ3v) is 2.60. The molecule has 0 aliphatic heterocycles. The first kappa shape index (κ1) is 14.5. The summed E-state index contributed by atoms with van der Waals surface area (Å²) in [6.45, 7) is 10.7. The van der Waals surface area contributed by atoms with Crippen molar-refractivity contribution in [1.82, 2.24) is 4.98 Å². The molecule has 0 radical (unpaired) electrons. The molecule has 0 bridgehead atoms. The fraction of sp³-hybridized carbons (Fsp3) is 0.571. The van der Waals surface area contributed by atoms with Crippen molar-refractivity contribution in [2.45, 2.75) is 27.7 Å². The highest BCUT2D eigenvalue weighted by atomic mass is 15.1. The van der Waals surface area contributed by atoms with Gasteiger partial charge >= 0.3 is 0 Å². The summed E-state index contributed by atoms with van der Waals surface area (Å²) in [6, 6.07) is 1.81. The number of amidine groups is 1. The predicted octanol–water partition coefficient (Wildman–Crippen LogP) is 2.48. The Hall–Kier alpha value is -1.58. The summed E-state index contributed by atoms with van der Waals surface area (Å²) in [6.07, 6.45) is 3.49. The van der Waals surface area contributed by atoms with Crippen LogP contribution in [0.5, 0.6) is 0 Å². The van der Waals surface area contributed by atoms with E-state index in [-0.39, 0.29) is 5.84 Å². The molecule has 1 aromatic rings. The number of nitrogens with one attached hydrogen (secondary N) is 1. The van der Waals surface area contributed by atoms with Crippen molar-refractivity contribution in [1.29, 1.82) is 5.41 Å². The standard InChI is InChI=1S/C14H24N4/c1-10(2)8-18(9-11(3)4)13-7-17-6-5-12(13)14(15)16/h5-7,10-11H,8-9H2,1-4H3,(H3,15,16). The maximum Gasteiger partial charge on any atom is 0.125 e. The van der Waals surface area contributed by atoms with Crippen molar-refractivity contribution >= 4 is 11.5 Å². The number of pyridine rings is 1. The smallest absolute Gasteiger partial charge is 0.125 e. The van der Waals surface area contributed by atoms with Crippen LogP contribution in [0.15, 0.2) is 18.5 Å². The van der Waals surface area contributed by atoms with E-state index in [4.69, 9.17) is 11.1 Å². The Morgan fingerprint density at radius 3 is 2.28 bits per heavy atom. The molecule has 1 aromatic heterocycles. The van der Waals surface area contributed by atoms with Gasteiger partial charge in [0.05, 0.1) is 11.9 Å². The van der Waals surface area contributed by atoms with Crippen LogP contribution in [0, 0.1) is 17.2 Å². The molecular weight excluding hydrogens is 224 g/mol. The fourth-order valence-corrected chi connectivity index (χ4v) is 2.02. The van der Waals surface area contributed by atoms with Crippen LogP contribution in [-0.2, 0) is 0 Å². The summed E-state index contributed by atoms with van der Waals surface area (Å²) in [4.78, 5) is 6.45. The van der Waals surface area contributed by atoms with Gasteiger partial charge in [0.2, 0.25) is 0 Å². The van der Waals surface area contributed by atoms with Crippen LogP contribution < -0.4 is 10.6 Å². The lowest BCUT2D eigenvalue weighted by Gasteiger charge is -2.29. The van der Waals surface area contributed by atoms with Crippen LogP contribution in [0.2, 0.25) is 0 Å². The van der Waals surface area contributed by atoms with E-state index in [1.165, 1.54) is 0 Å². The van der Waals surface area contributed by atoms with E-state index >= 15 is 0 Å². The Balaban J connectivity index is 3.07. The number of aromatic nitrogens is 1. The molecule has 0 atom stereocenters. The van der Waals surface area contributed by atoms with Crippen LogP contribution >= 0.6 is 0 Å². The molecule has 18 heavy (non-hydrogen) atoms. The van der Waals surface area contributed by atoms with Crippen LogP contribution in [0.3, 0.4) is 0 Å². The predicted molar refractivity (Wildman–Crippen MR) is 77.1 cm³/mol. The van der Waals surface area contributed by atoms with Gasteiger partial charge in [-0.2, -0.15) is 0 Å². The van der Waals surface area contributed by atoms with Gasteiger partial charge in [0, 0.05) is 24.8 Å². The van der Waals surface area contributed by atoms with Gasteiger partial charge in [-0.3, -0.25) is 10.4 Å². The molecule has 1 rings (SSSR count). The molecule has 0 amide bonds. The SMILES string of the molecule is CC(C)CN(CC(C)C)c1cnccc1C(=N)N. The van der Waals surface area contributed by atoms with Crippen LogP contribution in [-0.4, -0.2) is 23.9 Å². The summed E-state index contributed by atoms with van der Waals surface area (Å²) in [7, 11) is 0. The molecule has 3 N–H and O–H groups in total. The Labute approximate surface area is 110 Å². The Kier molecular flexibility index (Phi) is 5.13. The molecule has 0 aromatic carbocycles. The lowest BCUT2D eigenvalue weighted by atomic mass is 10.1. The highest BCUT2D eigenvalue weighted by Gasteiger charge is 2.15. The molecule has 0 saturated carbocycles. The monoisotopic (exact) mass is 248 g/mol. The second kappa shape index (κ2) is 6.38. The lowest BCUT2D eigenvalue weighted by Crippen LogP contribution is -2.33. The molecule has 0 unspecified atom stereocenters. The number of nitrogens with zero attached hydrogens (tertiary/aromatic N) is 2. The number of anilines is 1. The van der Waals surface area contributed by atoms with E-state index in [1.807, 2.05) is 12.3 Å². The second-order valence-corrected chi connectivity index (χ2v) is 5.50. The second-order valence-electron chi connectivity index (χ2n) is 5.50. The first-order chi connectivity index (χ1) is 8.41. The summed E-state index contributed by atoms with van der Waals surface area (Å²) < 4.78 is 0. The summed E-state index contributed by atoms with van der Waals surface area (Å²) in [5.41, 5.74) is 7.38. The summed E-state index contributed by atoms with van der Waals surface area (Å²) in [5.74, 6) is 1.22. The zero-order valence-electron chi connectivity index (χ0n) is 11.8. The molecule has 4 nitrogen and oxygen atoms in total. The average molecular weight is 248 g/mol. The van der Waals surface area contributed by atoms with Gasteiger partial charge in [-0.25, -0.2) is 0 Å². The van der Waals surface area contributed by atoms with E-state index in [1.54, 1.807) is 6.20 Å². The van der Waals surface area contributed by atoms with E-state index in [9.17, 15) is 0 Å². The molecule has 0 aliphatic carbocycles. The van der Waals surface area contributed by atoms with Gasteiger partial charge in [0.25, 0.3) is 0 Å². The minimum absolute atomic E-state index is 0.102. The van der Waals surface area contributed by atoms with E-state index in [2.05, 4.69) is 37.6 Å². The van der Waals surface area contributed by atoms with Crippen LogP contribution in [0.25, 0.3) is 0 Å². The van der Waals surface area contributed by atoms with Crippen molar-refractivity contribution in [3.63, 3.8) is 0 Å². The number of nitrogens with two attached hydrogens (primary N) is 1. The lowest BCUT2D eigenvalue weighted by molar-refractivity contribution is 0.552. The van der Waals surface area contributed by atoms with E-state index < -0.39 is 0 Å². The zero-order valence-corrected chi connectivity index (χ0v) is 11.8. The largest absolute Gasteiger partial charge is 0.384 e. The molecular formula is C14H24N4. The zero-order chi connectivity index (χ0) is 13.7. The normalized spacial score (nSPS) is 11.0. The van der Waals surface area contributed by atoms with Crippen molar-refractivity contribution in [2.75, 3.05) is 18.0 Å². The maximum atomic E-state index is 7.66. The molecule has 0 aliphatic rings. The topological polar surface area (TPSA) is 66.0 Å². The van der Waals surface area contributed by atoms with Crippen LogP contribution in [0.1, 0.15) is 33.3 Å². The van der Waals surface area contributed by atoms with Gasteiger partial charge in [-0.1, -0.05) is 27.7 Å². The Morgan fingerprint density at radius 2 is 1.83 bits per heavy atom. The van der Waals surface area contributed by atoms with Crippen molar-refractivity contribution < 1.29 is 0 Å².